The van der Waals surface area contributed by atoms with Crippen molar-refractivity contribution in [2.45, 2.75) is 0 Å². The van der Waals surface area contributed by atoms with Gasteiger partial charge in [-0.3, -0.25) is 4.98 Å². The van der Waals surface area contributed by atoms with E-state index in [1.54, 1.807) is 19.4 Å². The third-order valence-corrected chi connectivity index (χ3v) is 1.83. The molecule has 11 heavy (non-hydrogen) atoms. The zero-order chi connectivity index (χ0) is 8.43. The van der Waals surface area contributed by atoms with Gasteiger partial charge < -0.3 is 10.7 Å². The number of nitrogens with two attached hydrogens (primary N) is 2. The molecule has 0 spiro atoms. The summed E-state index contributed by atoms with van der Waals surface area (Å²) in [6, 6.07) is 0. The van der Waals surface area contributed by atoms with E-state index >= 15 is 0 Å². The predicted molar refractivity (Wildman–Crippen MR) is 48.9 cm³/mol. The molecule has 0 saturated carbocycles. The Morgan fingerprint density at radius 1 is 1.55 bits per heavy atom. The largest absolute Gasteiger partial charge is 0.396 e. The topological polar surface area (TPSA) is 68.2 Å². The minimum Gasteiger partial charge on any atom is -0.396 e. The number of hydrogen-bond donors (Lipinski definition) is 2. The fourth-order valence-electron chi connectivity index (χ4n) is 0.815. The van der Waals surface area contributed by atoms with E-state index in [9.17, 15) is 0 Å². The van der Waals surface area contributed by atoms with E-state index in [0.29, 0.717) is 5.69 Å². The smallest absolute Gasteiger partial charge is 0.0918 e. The Morgan fingerprint density at radius 3 is 2.55 bits per heavy atom. The Hall–Kier alpha value is -0.810. The Bertz CT molecular complexity index is 241. The van der Waals surface area contributed by atoms with E-state index in [4.69, 9.17) is 11.6 Å². The molecular formula is C6H9BrN4. The van der Waals surface area contributed by atoms with Crippen LogP contribution < -0.4 is 16.6 Å². The molecule has 0 unspecified atom stereocenters. The number of nitrogens with zero attached hydrogens (tertiary/aromatic N) is 2. The number of aromatic nitrogens is 1. The number of halogens is 1. The first-order valence-corrected chi connectivity index (χ1v) is 3.79. The molecule has 0 aliphatic carbocycles. The predicted octanol–water partition coefficient (Wildman–Crippen LogP) is 0.736. The molecule has 0 amide bonds. The molecule has 0 aliphatic heterocycles. The average Bonchev–Trinajstić information content (AvgIpc) is 1.85. The van der Waals surface area contributed by atoms with Gasteiger partial charge in [0.2, 0.25) is 0 Å². The molecule has 0 saturated heterocycles. The highest BCUT2D eigenvalue weighted by molar-refractivity contribution is 9.10. The second-order valence-electron chi connectivity index (χ2n) is 2.17. The summed E-state index contributed by atoms with van der Waals surface area (Å²) >= 11 is 3.28. The highest BCUT2D eigenvalue weighted by Crippen LogP contribution is 2.28. The van der Waals surface area contributed by atoms with Gasteiger partial charge in [-0.25, -0.2) is 5.84 Å². The highest BCUT2D eigenvalue weighted by Gasteiger charge is 2.05. The maximum atomic E-state index is 5.61. The Labute approximate surface area is 73.3 Å². The lowest BCUT2D eigenvalue weighted by Crippen LogP contribution is -2.26. The van der Waals surface area contributed by atoms with E-state index < -0.39 is 0 Å². The van der Waals surface area contributed by atoms with Gasteiger partial charge in [0, 0.05) is 13.2 Å². The minimum atomic E-state index is 0.560. The van der Waals surface area contributed by atoms with Gasteiger partial charge in [0.25, 0.3) is 0 Å². The minimum absolute atomic E-state index is 0.560. The standard InChI is InChI=1S/C6H9BrN4/c1-11(9)6-4(7)2-10-3-5(6)8/h2-3H,8-9H2,1H3. The van der Waals surface area contributed by atoms with Crippen LogP contribution in [0.4, 0.5) is 11.4 Å². The Kier molecular flexibility index (Phi) is 2.31. The summed E-state index contributed by atoms with van der Waals surface area (Å²) in [6.45, 7) is 0. The molecule has 5 heteroatoms. The van der Waals surface area contributed by atoms with Crippen LogP contribution in [0.25, 0.3) is 0 Å². The van der Waals surface area contributed by atoms with Crippen LogP contribution in [0.5, 0.6) is 0 Å². The molecule has 1 heterocycles. The molecule has 0 aromatic carbocycles. The summed E-state index contributed by atoms with van der Waals surface area (Å²) in [5, 5.41) is 1.45. The van der Waals surface area contributed by atoms with E-state index in [-0.39, 0.29) is 0 Å². The molecule has 1 aromatic heterocycles. The van der Waals surface area contributed by atoms with Crippen LogP contribution in [-0.4, -0.2) is 12.0 Å². The van der Waals surface area contributed by atoms with Gasteiger partial charge in [-0.2, -0.15) is 0 Å². The van der Waals surface area contributed by atoms with Crippen LogP contribution in [0, 0.1) is 0 Å². The second kappa shape index (κ2) is 3.06. The number of hydrazine groups is 1. The molecule has 0 radical (unpaired) electrons. The van der Waals surface area contributed by atoms with Crippen molar-refractivity contribution in [2.24, 2.45) is 5.84 Å². The van der Waals surface area contributed by atoms with Crippen molar-refractivity contribution in [1.82, 2.24) is 4.98 Å². The van der Waals surface area contributed by atoms with Gasteiger partial charge in [0.15, 0.2) is 0 Å². The van der Waals surface area contributed by atoms with Gasteiger partial charge >= 0.3 is 0 Å². The van der Waals surface area contributed by atoms with E-state index in [0.717, 1.165) is 10.2 Å². The maximum absolute atomic E-state index is 5.61. The highest BCUT2D eigenvalue weighted by atomic mass is 79.9. The molecule has 0 bridgehead atoms. The van der Waals surface area contributed by atoms with Crippen molar-refractivity contribution >= 4 is 27.3 Å². The first kappa shape index (κ1) is 8.29. The number of anilines is 2. The third-order valence-electron chi connectivity index (χ3n) is 1.25. The van der Waals surface area contributed by atoms with Gasteiger partial charge in [0.1, 0.15) is 0 Å². The summed E-state index contributed by atoms with van der Waals surface area (Å²) in [4.78, 5) is 3.87. The van der Waals surface area contributed by atoms with E-state index in [1.807, 2.05) is 0 Å². The summed E-state index contributed by atoms with van der Waals surface area (Å²) in [5.74, 6) is 5.51. The van der Waals surface area contributed by atoms with Crippen LogP contribution in [0.1, 0.15) is 0 Å². The van der Waals surface area contributed by atoms with Gasteiger partial charge in [-0.15, -0.1) is 0 Å². The maximum Gasteiger partial charge on any atom is 0.0918 e. The lowest BCUT2D eigenvalue weighted by molar-refractivity contribution is 1.01. The van der Waals surface area contributed by atoms with Crippen molar-refractivity contribution < 1.29 is 0 Å². The van der Waals surface area contributed by atoms with Crippen molar-refractivity contribution in [1.29, 1.82) is 0 Å². The zero-order valence-electron chi connectivity index (χ0n) is 6.08. The SMILES string of the molecule is CN(N)c1c(N)cncc1Br. The molecule has 0 atom stereocenters. The molecular weight excluding hydrogens is 208 g/mol. The zero-order valence-corrected chi connectivity index (χ0v) is 7.67. The van der Waals surface area contributed by atoms with Crippen LogP contribution in [0.2, 0.25) is 0 Å². The average molecular weight is 217 g/mol. The van der Waals surface area contributed by atoms with Gasteiger partial charge in [-0.05, 0) is 15.9 Å². The molecule has 1 rings (SSSR count). The third kappa shape index (κ3) is 1.61. The summed E-state index contributed by atoms with van der Waals surface area (Å²) in [5.41, 5.74) is 6.92. The number of pyridine rings is 1. The van der Waals surface area contributed by atoms with Crippen LogP contribution >= 0.6 is 15.9 Å². The van der Waals surface area contributed by atoms with Crippen molar-refractivity contribution in [3.63, 3.8) is 0 Å². The van der Waals surface area contributed by atoms with Crippen LogP contribution in [-0.2, 0) is 0 Å². The van der Waals surface area contributed by atoms with Gasteiger partial charge in [-0.1, -0.05) is 0 Å². The van der Waals surface area contributed by atoms with Crippen molar-refractivity contribution in [2.75, 3.05) is 17.8 Å². The first-order chi connectivity index (χ1) is 5.13. The lowest BCUT2D eigenvalue weighted by atomic mass is 10.3. The lowest BCUT2D eigenvalue weighted by Gasteiger charge is -2.15. The quantitative estimate of drug-likeness (QED) is 0.537. The monoisotopic (exact) mass is 216 g/mol. The Balaban J connectivity index is 3.21. The molecule has 0 fully saturated rings. The van der Waals surface area contributed by atoms with E-state index in [1.165, 1.54) is 5.01 Å². The molecule has 4 N–H and O–H groups in total. The van der Waals surface area contributed by atoms with Crippen molar-refractivity contribution in [3.8, 4) is 0 Å². The Morgan fingerprint density at radius 2 is 2.18 bits per heavy atom. The fourth-order valence-corrected chi connectivity index (χ4v) is 1.44. The first-order valence-electron chi connectivity index (χ1n) is 3.00. The number of rotatable bonds is 1. The molecule has 0 aliphatic rings. The molecule has 4 nitrogen and oxygen atoms in total. The number of hydrogen-bond acceptors (Lipinski definition) is 4. The fraction of sp³-hybridized carbons (Fsp3) is 0.167. The van der Waals surface area contributed by atoms with Crippen molar-refractivity contribution in [3.05, 3.63) is 16.9 Å². The summed E-state index contributed by atoms with van der Waals surface area (Å²) < 4.78 is 0.794. The van der Waals surface area contributed by atoms with Crippen LogP contribution in [0.15, 0.2) is 16.9 Å². The molecule has 1 aromatic rings. The molecule has 60 valence electrons. The second-order valence-corrected chi connectivity index (χ2v) is 3.02. The van der Waals surface area contributed by atoms with Gasteiger partial charge in [0.05, 0.1) is 22.0 Å². The number of nitrogen functional groups attached to an aromatic ring is 1. The van der Waals surface area contributed by atoms with E-state index in [2.05, 4.69) is 20.9 Å². The normalized spacial score (nSPS) is 9.73. The summed E-state index contributed by atoms with van der Waals surface area (Å²) in [6.07, 6.45) is 3.21. The summed E-state index contributed by atoms with van der Waals surface area (Å²) in [7, 11) is 1.72. The van der Waals surface area contributed by atoms with Crippen LogP contribution in [0.3, 0.4) is 0 Å².